The van der Waals surface area contributed by atoms with Gasteiger partial charge >= 0.3 is 0 Å². The summed E-state index contributed by atoms with van der Waals surface area (Å²) in [5.41, 5.74) is 0. The van der Waals surface area contributed by atoms with Gasteiger partial charge in [0, 0.05) is 6.42 Å². The highest BCUT2D eigenvalue weighted by Crippen LogP contribution is 1.92. The Morgan fingerprint density at radius 1 is 1.44 bits per heavy atom. The van der Waals surface area contributed by atoms with Crippen LogP contribution in [0.4, 0.5) is 0 Å². The van der Waals surface area contributed by atoms with E-state index in [1.165, 1.54) is 13.8 Å². The topological polar surface area (TPSA) is 54.4 Å². The van der Waals surface area contributed by atoms with Crippen molar-refractivity contribution in [1.29, 1.82) is 0 Å². The van der Waals surface area contributed by atoms with Crippen LogP contribution in [-0.2, 0) is 9.59 Å². The summed E-state index contributed by atoms with van der Waals surface area (Å²) in [5.74, 6) is -0.525. The quantitative estimate of drug-likeness (QED) is 0.581. The van der Waals surface area contributed by atoms with Gasteiger partial charge in [0.25, 0.3) is 0 Å². The third kappa shape index (κ3) is 3.85. The van der Waals surface area contributed by atoms with E-state index in [1.54, 1.807) is 0 Å². The number of carbonyl (C=O) groups excluding carboxylic acids is 2. The zero-order chi connectivity index (χ0) is 7.44. The van der Waals surface area contributed by atoms with Crippen LogP contribution in [0.5, 0.6) is 0 Å². The van der Waals surface area contributed by atoms with Gasteiger partial charge in [0.2, 0.25) is 0 Å². The Morgan fingerprint density at radius 2 is 1.89 bits per heavy atom. The minimum absolute atomic E-state index is 0.0602. The summed E-state index contributed by atoms with van der Waals surface area (Å²) in [4.78, 5) is 20.5. The lowest BCUT2D eigenvalue weighted by atomic mass is 10.1. The number of rotatable bonds is 3. The zero-order valence-corrected chi connectivity index (χ0v) is 5.55. The van der Waals surface area contributed by atoms with Gasteiger partial charge in [-0.25, -0.2) is 0 Å². The number of ketones is 2. The third-order valence-electron chi connectivity index (χ3n) is 0.950. The maximum Gasteiger partial charge on any atom is 0.158 e. The highest BCUT2D eigenvalue weighted by molar-refractivity contribution is 5.86. The second-order valence-electron chi connectivity index (χ2n) is 2.03. The summed E-state index contributed by atoms with van der Waals surface area (Å²) >= 11 is 0. The number of carbonyl (C=O) groups is 2. The molecule has 0 spiro atoms. The van der Waals surface area contributed by atoms with Crippen LogP contribution in [0.15, 0.2) is 0 Å². The Kier molecular flexibility index (Phi) is 3.09. The van der Waals surface area contributed by atoms with Crippen LogP contribution < -0.4 is 0 Å². The maximum atomic E-state index is 10.3. The van der Waals surface area contributed by atoms with Gasteiger partial charge in [-0.15, -0.1) is 0 Å². The van der Waals surface area contributed by atoms with Crippen molar-refractivity contribution >= 4 is 11.6 Å². The molecule has 52 valence electrons. The summed E-state index contributed by atoms with van der Waals surface area (Å²) in [7, 11) is 0. The van der Waals surface area contributed by atoms with Crippen LogP contribution >= 0.6 is 0 Å². The van der Waals surface area contributed by atoms with Crippen molar-refractivity contribution in [3.8, 4) is 0 Å². The first-order chi connectivity index (χ1) is 4.04. The van der Waals surface area contributed by atoms with Gasteiger partial charge in [0.15, 0.2) is 5.78 Å². The molecule has 1 unspecified atom stereocenters. The molecule has 0 aliphatic carbocycles. The van der Waals surface area contributed by atoms with E-state index < -0.39 is 6.10 Å². The summed E-state index contributed by atoms with van der Waals surface area (Å²) < 4.78 is 0. The lowest BCUT2D eigenvalue weighted by molar-refractivity contribution is -0.129. The second-order valence-corrected chi connectivity index (χ2v) is 2.03. The highest BCUT2D eigenvalue weighted by Gasteiger charge is 2.10. The van der Waals surface area contributed by atoms with Crippen LogP contribution in [0, 0.1) is 0 Å². The molecule has 0 saturated heterocycles. The molecule has 3 heteroatoms. The largest absolute Gasteiger partial charge is 0.385 e. The Labute approximate surface area is 53.7 Å². The first kappa shape index (κ1) is 8.30. The molecule has 0 saturated carbocycles. The average Bonchev–Trinajstić information content (AvgIpc) is 1.63. The molecule has 0 radical (unpaired) electrons. The normalized spacial score (nSPS) is 12.8. The SMILES string of the molecule is CC(=O)CC(O)C(C)=O. The minimum atomic E-state index is -1.09. The molecule has 0 bridgehead atoms. The molecular formula is C6H10O3. The van der Waals surface area contributed by atoms with Crippen molar-refractivity contribution in [2.45, 2.75) is 26.4 Å². The molecule has 0 aliphatic heterocycles. The first-order valence-corrected chi connectivity index (χ1v) is 2.72. The molecule has 0 amide bonds. The van der Waals surface area contributed by atoms with E-state index >= 15 is 0 Å². The monoisotopic (exact) mass is 130 g/mol. The number of Topliss-reactive ketones (excluding diaryl/α,β-unsaturated/α-hetero) is 2. The van der Waals surface area contributed by atoms with Crippen molar-refractivity contribution in [2.24, 2.45) is 0 Å². The summed E-state index contributed by atoms with van der Waals surface area (Å²) in [6.45, 7) is 2.60. The molecule has 0 heterocycles. The lowest BCUT2D eigenvalue weighted by Gasteiger charge is -2.00. The third-order valence-corrected chi connectivity index (χ3v) is 0.950. The van der Waals surface area contributed by atoms with E-state index in [0.29, 0.717) is 0 Å². The highest BCUT2D eigenvalue weighted by atomic mass is 16.3. The van der Waals surface area contributed by atoms with E-state index in [0.717, 1.165) is 0 Å². The number of hydrogen-bond donors (Lipinski definition) is 1. The molecule has 1 N–H and O–H groups in total. The minimum Gasteiger partial charge on any atom is -0.385 e. The smallest absolute Gasteiger partial charge is 0.158 e. The standard InChI is InChI=1S/C6H10O3/c1-4(7)3-6(9)5(2)8/h6,9H,3H2,1-2H3. The van der Waals surface area contributed by atoms with E-state index in [9.17, 15) is 9.59 Å². The molecule has 0 aliphatic rings. The molecular weight excluding hydrogens is 120 g/mol. The molecule has 0 rings (SSSR count). The first-order valence-electron chi connectivity index (χ1n) is 2.72. The van der Waals surface area contributed by atoms with Gasteiger partial charge < -0.3 is 5.11 Å². The van der Waals surface area contributed by atoms with Crippen molar-refractivity contribution in [1.82, 2.24) is 0 Å². The number of aliphatic hydroxyl groups is 1. The Morgan fingerprint density at radius 3 is 2.00 bits per heavy atom. The van der Waals surface area contributed by atoms with Crippen LogP contribution in [0.2, 0.25) is 0 Å². The Balaban J connectivity index is 3.63. The summed E-state index contributed by atoms with van der Waals surface area (Å²) in [6, 6.07) is 0. The van der Waals surface area contributed by atoms with Crippen molar-refractivity contribution in [3.05, 3.63) is 0 Å². The number of aliphatic hydroxyl groups excluding tert-OH is 1. The molecule has 0 aromatic rings. The second kappa shape index (κ2) is 3.35. The molecule has 3 nitrogen and oxygen atoms in total. The Hall–Kier alpha value is -0.700. The molecule has 0 aromatic carbocycles. The van der Waals surface area contributed by atoms with Crippen molar-refractivity contribution < 1.29 is 14.7 Å². The molecule has 9 heavy (non-hydrogen) atoms. The van der Waals surface area contributed by atoms with Gasteiger partial charge in [0.1, 0.15) is 11.9 Å². The van der Waals surface area contributed by atoms with Crippen LogP contribution in [-0.4, -0.2) is 22.8 Å². The molecule has 0 aromatic heterocycles. The van der Waals surface area contributed by atoms with Gasteiger partial charge in [-0.2, -0.15) is 0 Å². The molecule has 0 fully saturated rings. The number of hydrogen-bond acceptors (Lipinski definition) is 3. The van der Waals surface area contributed by atoms with Crippen LogP contribution in [0.1, 0.15) is 20.3 Å². The van der Waals surface area contributed by atoms with Crippen molar-refractivity contribution in [3.63, 3.8) is 0 Å². The Bertz CT molecular complexity index is 128. The predicted molar refractivity (Wildman–Crippen MR) is 32.0 cm³/mol. The van der Waals surface area contributed by atoms with E-state index in [2.05, 4.69) is 0 Å². The average molecular weight is 130 g/mol. The fraction of sp³-hybridized carbons (Fsp3) is 0.667. The predicted octanol–water partition coefficient (Wildman–Crippen LogP) is -0.0846. The van der Waals surface area contributed by atoms with E-state index in [1.807, 2.05) is 0 Å². The van der Waals surface area contributed by atoms with Crippen molar-refractivity contribution in [2.75, 3.05) is 0 Å². The molecule has 1 atom stereocenters. The fourth-order valence-corrected chi connectivity index (χ4v) is 0.416. The lowest BCUT2D eigenvalue weighted by Crippen LogP contribution is -2.19. The maximum absolute atomic E-state index is 10.3. The van der Waals surface area contributed by atoms with E-state index in [4.69, 9.17) is 5.11 Å². The summed E-state index contributed by atoms with van der Waals surface area (Å²) in [5, 5.41) is 8.73. The van der Waals surface area contributed by atoms with Gasteiger partial charge in [-0.05, 0) is 13.8 Å². The van der Waals surface area contributed by atoms with Gasteiger partial charge in [-0.1, -0.05) is 0 Å². The zero-order valence-electron chi connectivity index (χ0n) is 5.55. The van der Waals surface area contributed by atoms with E-state index in [-0.39, 0.29) is 18.0 Å². The summed E-state index contributed by atoms with van der Waals surface area (Å²) in [6.07, 6.45) is -1.16. The fourth-order valence-electron chi connectivity index (χ4n) is 0.416. The van der Waals surface area contributed by atoms with Gasteiger partial charge in [0.05, 0.1) is 0 Å². The van der Waals surface area contributed by atoms with Gasteiger partial charge in [-0.3, -0.25) is 9.59 Å². The van der Waals surface area contributed by atoms with Crippen LogP contribution in [0.3, 0.4) is 0 Å². The van der Waals surface area contributed by atoms with Crippen LogP contribution in [0.25, 0.3) is 0 Å².